The minimum Gasteiger partial charge on any atom is -0.394 e. The van der Waals surface area contributed by atoms with Crippen LogP contribution in [0.3, 0.4) is 0 Å². The lowest BCUT2D eigenvalue weighted by atomic mass is 10.2. The van der Waals surface area contributed by atoms with Crippen LogP contribution >= 0.6 is 0 Å². The average molecular weight is 240 g/mol. The number of carbonyl (C=O) groups is 1. The van der Waals surface area contributed by atoms with Crippen LogP contribution in [-0.2, 0) is 17.9 Å². The minimum absolute atomic E-state index is 0.0989. The quantitative estimate of drug-likeness (QED) is 0.513. The Morgan fingerprint density at radius 2 is 2.35 bits per heavy atom. The van der Waals surface area contributed by atoms with Crippen LogP contribution in [0, 0.1) is 0 Å². The molecule has 0 atom stereocenters. The van der Waals surface area contributed by atoms with Crippen molar-refractivity contribution in [3.05, 3.63) is 18.0 Å². The Morgan fingerprint density at radius 1 is 1.53 bits per heavy atom. The molecule has 4 N–H and O–H groups in total. The molecule has 1 heterocycles. The lowest BCUT2D eigenvalue weighted by Gasteiger charge is -2.01. The summed E-state index contributed by atoms with van der Waals surface area (Å²) in [5.41, 5.74) is 6.13. The van der Waals surface area contributed by atoms with Crippen molar-refractivity contribution in [1.29, 1.82) is 0 Å². The van der Waals surface area contributed by atoms with Gasteiger partial charge in [0.25, 0.3) is 0 Å². The molecule has 0 aliphatic heterocycles. The van der Waals surface area contributed by atoms with Gasteiger partial charge in [0.05, 0.1) is 19.3 Å². The highest BCUT2D eigenvalue weighted by molar-refractivity contribution is 5.73. The van der Waals surface area contributed by atoms with Gasteiger partial charge in [0.15, 0.2) is 0 Å². The highest BCUT2D eigenvalue weighted by Gasteiger charge is 1.98. The van der Waals surface area contributed by atoms with Gasteiger partial charge in [-0.1, -0.05) is 0 Å². The number of carbonyl (C=O) groups excluding carboxylic acids is 1. The summed E-state index contributed by atoms with van der Waals surface area (Å²) >= 11 is 0. The fraction of sp³-hybridized carbons (Fsp3) is 0.636. The van der Waals surface area contributed by atoms with Crippen LogP contribution in [-0.4, -0.2) is 33.9 Å². The second-order valence-electron chi connectivity index (χ2n) is 3.94. The lowest BCUT2D eigenvalue weighted by Crippen LogP contribution is -2.16. The number of aliphatic hydroxyl groups is 1. The van der Waals surface area contributed by atoms with Crippen LogP contribution in [0.2, 0.25) is 0 Å². The third-order valence-corrected chi connectivity index (χ3v) is 2.37. The normalized spacial score (nSPS) is 10.6. The molecule has 96 valence electrons. The molecule has 0 bridgehead atoms. The second-order valence-corrected chi connectivity index (χ2v) is 3.94. The number of nitrogens with zero attached hydrogens (tertiary/aromatic N) is 2. The maximum absolute atomic E-state index is 10.5. The number of hydrogen-bond donors (Lipinski definition) is 3. The van der Waals surface area contributed by atoms with E-state index in [-0.39, 0.29) is 12.5 Å². The van der Waals surface area contributed by atoms with Crippen LogP contribution in [0.1, 0.15) is 24.8 Å². The molecule has 0 aliphatic carbocycles. The Bertz CT molecular complexity index is 338. The molecule has 0 saturated heterocycles. The lowest BCUT2D eigenvalue weighted by molar-refractivity contribution is -0.118. The van der Waals surface area contributed by atoms with E-state index in [4.69, 9.17) is 10.8 Å². The van der Waals surface area contributed by atoms with E-state index in [1.807, 2.05) is 6.20 Å². The Kier molecular flexibility index (Phi) is 6.27. The molecule has 1 aromatic heterocycles. The number of nitrogens with one attached hydrogen (secondary N) is 1. The Morgan fingerprint density at radius 3 is 3.06 bits per heavy atom. The zero-order chi connectivity index (χ0) is 12.5. The minimum atomic E-state index is -0.240. The third-order valence-electron chi connectivity index (χ3n) is 2.37. The van der Waals surface area contributed by atoms with Crippen molar-refractivity contribution in [2.45, 2.75) is 32.4 Å². The largest absolute Gasteiger partial charge is 0.394 e. The van der Waals surface area contributed by atoms with Crippen LogP contribution in [0.25, 0.3) is 0 Å². The zero-order valence-electron chi connectivity index (χ0n) is 9.93. The molecule has 0 aromatic carbocycles. The highest BCUT2D eigenvalue weighted by Crippen LogP contribution is 1.98. The number of rotatable bonds is 9. The van der Waals surface area contributed by atoms with Crippen molar-refractivity contribution in [1.82, 2.24) is 15.1 Å². The molecule has 0 aliphatic rings. The monoisotopic (exact) mass is 240 g/mol. The summed E-state index contributed by atoms with van der Waals surface area (Å²) in [5.74, 6) is -0.240. The average Bonchev–Trinajstić information content (AvgIpc) is 2.71. The summed E-state index contributed by atoms with van der Waals surface area (Å²) in [4.78, 5) is 10.5. The van der Waals surface area contributed by atoms with E-state index in [0.717, 1.165) is 31.5 Å². The van der Waals surface area contributed by atoms with Crippen molar-refractivity contribution in [3.8, 4) is 0 Å². The molecule has 1 amide bonds. The zero-order valence-corrected chi connectivity index (χ0v) is 9.93. The fourth-order valence-corrected chi connectivity index (χ4v) is 1.50. The molecule has 0 saturated carbocycles. The summed E-state index contributed by atoms with van der Waals surface area (Å²) in [5, 5.41) is 16.1. The molecule has 0 spiro atoms. The van der Waals surface area contributed by atoms with Gasteiger partial charge in [0, 0.05) is 24.7 Å². The van der Waals surface area contributed by atoms with Gasteiger partial charge in [-0.3, -0.25) is 9.48 Å². The first-order valence-electron chi connectivity index (χ1n) is 5.83. The van der Waals surface area contributed by atoms with Crippen LogP contribution in [0.15, 0.2) is 12.4 Å². The van der Waals surface area contributed by atoms with Gasteiger partial charge < -0.3 is 16.2 Å². The number of nitrogens with two attached hydrogens (primary N) is 1. The SMILES string of the molecule is NC(=O)CCCCNCc1cnn(CCO)c1. The van der Waals surface area contributed by atoms with E-state index >= 15 is 0 Å². The third kappa shape index (κ3) is 6.03. The Balaban J connectivity index is 2.07. The summed E-state index contributed by atoms with van der Waals surface area (Å²) in [7, 11) is 0. The molecule has 6 heteroatoms. The number of unbranched alkanes of at least 4 members (excludes halogenated alkanes) is 1. The van der Waals surface area contributed by atoms with Crippen LogP contribution in [0.5, 0.6) is 0 Å². The maximum Gasteiger partial charge on any atom is 0.217 e. The van der Waals surface area contributed by atoms with E-state index in [1.165, 1.54) is 0 Å². The van der Waals surface area contributed by atoms with Crippen molar-refractivity contribution in [3.63, 3.8) is 0 Å². The topological polar surface area (TPSA) is 93.2 Å². The number of hydrogen-bond acceptors (Lipinski definition) is 4. The standard InChI is InChI=1S/C11H20N4O2/c12-11(17)3-1-2-4-13-7-10-8-14-15(9-10)5-6-16/h8-9,13,16H,1-7H2,(H2,12,17). The van der Waals surface area contributed by atoms with Gasteiger partial charge in [-0.2, -0.15) is 5.10 Å². The van der Waals surface area contributed by atoms with E-state index in [2.05, 4.69) is 10.4 Å². The predicted molar refractivity (Wildman–Crippen MR) is 64.1 cm³/mol. The highest BCUT2D eigenvalue weighted by atomic mass is 16.3. The van der Waals surface area contributed by atoms with E-state index in [0.29, 0.717) is 13.0 Å². The van der Waals surface area contributed by atoms with Gasteiger partial charge >= 0.3 is 0 Å². The second kappa shape index (κ2) is 7.81. The van der Waals surface area contributed by atoms with Gasteiger partial charge in [-0.15, -0.1) is 0 Å². The summed E-state index contributed by atoms with van der Waals surface area (Å²) in [6.45, 7) is 2.24. The van der Waals surface area contributed by atoms with E-state index < -0.39 is 0 Å². The smallest absolute Gasteiger partial charge is 0.217 e. The molecular weight excluding hydrogens is 220 g/mol. The Labute approximate surface area is 101 Å². The van der Waals surface area contributed by atoms with Crippen molar-refractivity contribution in [2.24, 2.45) is 5.73 Å². The van der Waals surface area contributed by atoms with Gasteiger partial charge in [-0.25, -0.2) is 0 Å². The molecule has 0 fully saturated rings. The predicted octanol–water partition coefficient (Wildman–Crippen LogP) is -0.379. The molecule has 6 nitrogen and oxygen atoms in total. The van der Waals surface area contributed by atoms with Crippen molar-refractivity contribution >= 4 is 5.91 Å². The summed E-state index contributed by atoms with van der Waals surface area (Å²) in [6, 6.07) is 0. The van der Waals surface area contributed by atoms with Gasteiger partial charge in [0.2, 0.25) is 5.91 Å². The first kappa shape index (κ1) is 13.7. The summed E-state index contributed by atoms with van der Waals surface area (Å²) < 4.78 is 1.71. The van der Waals surface area contributed by atoms with Crippen molar-refractivity contribution in [2.75, 3.05) is 13.2 Å². The molecule has 1 rings (SSSR count). The fourth-order valence-electron chi connectivity index (χ4n) is 1.50. The molecule has 1 aromatic rings. The van der Waals surface area contributed by atoms with E-state index in [9.17, 15) is 4.79 Å². The van der Waals surface area contributed by atoms with Crippen molar-refractivity contribution < 1.29 is 9.90 Å². The summed E-state index contributed by atoms with van der Waals surface area (Å²) in [6.07, 6.45) is 5.91. The molecular formula is C11H20N4O2. The first-order chi connectivity index (χ1) is 8.22. The van der Waals surface area contributed by atoms with E-state index in [1.54, 1.807) is 10.9 Å². The number of amides is 1. The van der Waals surface area contributed by atoms with Crippen LogP contribution in [0.4, 0.5) is 0 Å². The Hall–Kier alpha value is -1.40. The molecule has 0 unspecified atom stereocenters. The van der Waals surface area contributed by atoms with Gasteiger partial charge in [0.1, 0.15) is 0 Å². The maximum atomic E-state index is 10.5. The number of aliphatic hydroxyl groups excluding tert-OH is 1. The number of aromatic nitrogens is 2. The number of primary amides is 1. The molecule has 17 heavy (non-hydrogen) atoms. The molecule has 0 radical (unpaired) electrons. The first-order valence-corrected chi connectivity index (χ1v) is 5.83. The van der Waals surface area contributed by atoms with Gasteiger partial charge in [-0.05, 0) is 19.4 Å². The van der Waals surface area contributed by atoms with Crippen LogP contribution < -0.4 is 11.1 Å².